The normalized spacial score (nSPS) is 14.3. The fraction of sp³-hybridized carbons (Fsp3) is 0.400. The highest BCUT2D eigenvalue weighted by Gasteiger charge is 2.30. The van der Waals surface area contributed by atoms with Gasteiger partial charge in [0, 0.05) is 30.2 Å². The van der Waals surface area contributed by atoms with Crippen molar-refractivity contribution in [2.75, 3.05) is 31.1 Å². The predicted molar refractivity (Wildman–Crippen MR) is 106 cm³/mol. The molecular weight excluding hydrogens is 346 g/mol. The first kappa shape index (κ1) is 18.5. The number of carbonyl (C=O) groups is 2. The van der Waals surface area contributed by atoms with Crippen LogP contribution in [0.5, 0.6) is 0 Å². The van der Waals surface area contributed by atoms with Crippen LogP contribution in [0.1, 0.15) is 30.2 Å². The van der Waals surface area contributed by atoms with Crippen molar-refractivity contribution in [1.29, 1.82) is 0 Å². The Balaban J connectivity index is 1.49. The van der Waals surface area contributed by atoms with E-state index in [0.29, 0.717) is 25.6 Å². The maximum absolute atomic E-state index is 12.6. The standard InChI is InChI=1S/C20H25N3O2S/c1-15(2)16-5-7-17(8-6-16)23-12-11-22(20(23)25)14-19(24)21-10-9-18-4-3-13-26-18/h3-8,13,15H,9-12,14H2,1-2H3,(H,21,24). The molecule has 0 aliphatic carbocycles. The molecule has 1 aromatic carbocycles. The lowest BCUT2D eigenvalue weighted by Gasteiger charge is -2.19. The Morgan fingerprint density at radius 2 is 1.96 bits per heavy atom. The van der Waals surface area contributed by atoms with Crippen LogP contribution in [0.4, 0.5) is 10.5 Å². The van der Waals surface area contributed by atoms with E-state index in [2.05, 4.69) is 37.4 Å². The minimum atomic E-state index is -0.105. The third-order valence-electron chi connectivity index (χ3n) is 4.57. The van der Waals surface area contributed by atoms with Crippen LogP contribution in [-0.4, -0.2) is 43.0 Å². The number of hydrogen-bond donors (Lipinski definition) is 1. The summed E-state index contributed by atoms with van der Waals surface area (Å²) in [6.45, 7) is 6.20. The Morgan fingerprint density at radius 3 is 2.62 bits per heavy atom. The summed E-state index contributed by atoms with van der Waals surface area (Å²) in [7, 11) is 0. The molecule has 1 aliphatic rings. The van der Waals surface area contributed by atoms with Crippen molar-refractivity contribution in [2.24, 2.45) is 0 Å². The summed E-state index contributed by atoms with van der Waals surface area (Å²) in [6.07, 6.45) is 0.825. The van der Waals surface area contributed by atoms with Gasteiger partial charge in [-0.2, -0.15) is 0 Å². The summed E-state index contributed by atoms with van der Waals surface area (Å²) < 4.78 is 0. The van der Waals surface area contributed by atoms with Crippen molar-refractivity contribution >= 4 is 29.0 Å². The van der Waals surface area contributed by atoms with Gasteiger partial charge in [-0.1, -0.05) is 32.0 Å². The van der Waals surface area contributed by atoms with Crippen molar-refractivity contribution in [3.8, 4) is 0 Å². The molecule has 0 radical (unpaired) electrons. The number of benzene rings is 1. The van der Waals surface area contributed by atoms with Crippen LogP contribution in [-0.2, 0) is 11.2 Å². The van der Waals surface area contributed by atoms with Crippen molar-refractivity contribution < 1.29 is 9.59 Å². The number of hydrogen-bond acceptors (Lipinski definition) is 3. The summed E-state index contributed by atoms with van der Waals surface area (Å²) in [5, 5.41) is 4.93. The van der Waals surface area contributed by atoms with Gasteiger partial charge in [-0.15, -0.1) is 11.3 Å². The fourth-order valence-corrected chi connectivity index (χ4v) is 3.73. The van der Waals surface area contributed by atoms with Gasteiger partial charge in [0.15, 0.2) is 0 Å². The average molecular weight is 372 g/mol. The highest BCUT2D eigenvalue weighted by atomic mass is 32.1. The maximum atomic E-state index is 12.6. The zero-order valence-corrected chi connectivity index (χ0v) is 16.1. The SMILES string of the molecule is CC(C)c1ccc(N2CCN(CC(=O)NCCc3cccs3)C2=O)cc1. The van der Waals surface area contributed by atoms with E-state index in [9.17, 15) is 9.59 Å². The molecule has 1 aromatic heterocycles. The van der Waals surface area contributed by atoms with E-state index in [1.54, 1.807) is 21.1 Å². The molecule has 3 rings (SSSR count). The van der Waals surface area contributed by atoms with Crippen LogP contribution in [0, 0.1) is 0 Å². The molecule has 1 aliphatic heterocycles. The van der Waals surface area contributed by atoms with Crippen LogP contribution in [0.15, 0.2) is 41.8 Å². The number of amides is 3. The number of urea groups is 1. The van der Waals surface area contributed by atoms with Crippen LogP contribution in [0.25, 0.3) is 0 Å². The van der Waals surface area contributed by atoms with Gasteiger partial charge >= 0.3 is 6.03 Å². The van der Waals surface area contributed by atoms with E-state index in [0.717, 1.165) is 12.1 Å². The van der Waals surface area contributed by atoms with Gasteiger partial charge in [0.1, 0.15) is 6.54 Å². The highest BCUT2D eigenvalue weighted by Crippen LogP contribution is 2.23. The van der Waals surface area contributed by atoms with Crippen LogP contribution < -0.4 is 10.2 Å². The summed E-state index contributed by atoms with van der Waals surface area (Å²) in [5.41, 5.74) is 2.14. The van der Waals surface area contributed by atoms with Gasteiger partial charge in [0.2, 0.25) is 5.91 Å². The van der Waals surface area contributed by atoms with Crippen molar-refractivity contribution in [2.45, 2.75) is 26.2 Å². The Labute approximate surface area is 158 Å². The van der Waals surface area contributed by atoms with Crippen molar-refractivity contribution in [3.63, 3.8) is 0 Å². The molecule has 2 aromatic rings. The van der Waals surface area contributed by atoms with Gasteiger partial charge in [0.05, 0.1) is 0 Å². The molecule has 2 heterocycles. The van der Waals surface area contributed by atoms with Gasteiger partial charge in [-0.25, -0.2) is 4.79 Å². The second kappa shape index (κ2) is 8.36. The lowest BCUT2D eigenvalue weighted by molar-refractivity contribution is -0.121. The van der Waals surface area contributed by atoms with E-state index in [-0.39, 0.29) is 18.5 Å². The molecule has 1 fully saturated rings. The van der Waals surface area contributed by atoms with E-state index in [4.69, 9.17) is 0 Å². The summed E-state index contributed by atoms with van der Waals surface area (Å²) in [4.78, 5) is 29.3. The number of rotatable bonds is 7. The molecule has 6 heteroatoms. The van der Waals surface area contributed by atoms with Gasteiger partial charge in [0.25, 0.3) is 0 Å². The molecule has 0 atom stereocenters. The van der Waals surface area contributed by atoms with Crippen LogP contribution >= 0.6 is 11.3 Å². The smallest absolute Gasteiger partial charge is 0.325 e. The van der Waals surface area contributed by atoms with Crippen LogP contribution in [0.2, 0.25) is 0 Å². The van der Waals surface area contributed by atoms with Gasteiger partial charge < -0.3 is 10.2 Å². The Hall–Kier alpha value is -2.34. The molecule has 5 nitrogen and oxygen atoms in total. The molecule has 26 heavy (non-hydrogen) atoms. The number of carbonyl (C=O) groups excluding carboxylic acids is 2. The Kier molecular flexibility index (Phi) is 5.93. The first-order valence-corrected chi connectivity index (χ1v) is 9.88. The first-order valence-electron chi connectivity index (χ1n) is 9.00. The molecule has 0 unspecified atom stereocenters. The lowest BCUT2D eigenvalue weighted by atomic mass is 10.0. The lowest BCUT2D eigenvalue weighted by Crippen LogP contribution is -2.40. The van der Waals surface area contributed by atoms with E-state index < -0.39 is 0 Å². The number of nitrogens with zero attached hydrogens (tertiary/aromatic N) is 2. The van der Waals surface area contributed by atoms with E-state index in [1.165, 1.54) is 10.4 Å². The molecule has 3 amide bonds. The molecule has 1 saturated heterocycles. The summed E-state index contributed by atoms with van der Waals surface area (Å²) in [5.74, 6) is 0.361. The maximum Gasteiger partial charge on any atom is 0.325 e. The highest BCUT2D eigenvalue weighted by molar-refractivity contribution is 7.09. The molecule has 1 N–H and O–H groups in total. The molecule has 0 spiro atoms. The third kappa shape index (κ3) is 4.43. The first-order chi connectivity index (χ1) is 12.5. The molecule has 0 bridgehead atoms. The number of thiophene rings is 1. The monoisotopic (exact) mass is 371 g/mol. The van der Waals surface area contributed by atoms with Crippen molar-refractivity contribution in [3.05, 3.63) is 52.2 Å². The molecule has 0 saturated carbocycles. The second-order valence-electron chi connectivity index (χ2n) is 6.78. The average Bonchev–Trinajstić information content (AvgIpc) is 3.26. The zero-order chi connectivity index (χ0) is 18.5. The third-order valence-corrected chi connectivity index (χ3v) is 5.51. The Bertz CT molecular complexity index is 741. The van der Waals surface area contributed by atoms with E-state index in [1.807, 2.05) is 23.6 Å². The largest absolute Gasteiger partial charge is 0.354 e. The van der Waals surface area contributed by atoms with E-state index >= 15 is 0 Å². The quantitative estimate of drug-likeness (QED) is 0.810. The topological polar surface area (TPSA) is 52.6 Å². The van der Waals surface area contributed by atoms with Crippen LogP contribution in [0.3, 0.4) is 0 Å². The molecule has 138 valence electrons. The second-order valence-corrected chi connectivity index (χ2v) is 7.81. The van der Waals surface area contributed by atoms with Gasteiger partial charge in [-0.05, 0) is 41.5 Å². The summed E-state index contributed by atoms with van der Waals surface area (Å²) >= 11 is 1.69. The predicted octanol–water partition coefficient (Wildman–Crippen LogP) is 3.47. The minimum absolute atomic E-state index is 0.101. The van der Waals surface area contributed by atoms with Crippen molar-refractivity contribution in [1.82, 2.24) is 10.2 Å². The molecular formula is C20H25N3O2S. The zero-order valence-electron chi connectivity index (χ0n) is 15.3. The summed E-state index contributed by atoms with van der Waals surface area (Å²) in [6, 6.07) is 12.1. The minimum Gasteiger partial charge on any atom is -0.354 e. The van der Waals surface area contributed by atoms with Gasteiger partial charge in [-0.3, -0.25) is 9.69 Å². The Morgan fingerprint density at radius 1 is 1.19 bits per heavy atom. The number of anilines is 1. The number of nitrogens with one attached hydrogen (secondary N) is 1. The fourth-order valence-electron chi connectivity index (χ4n) is 3.02.